The predicted molar refractivity (Wildman–Crippen MR) is 200 cm³/mol. The third kappa shape index (κ3) is 11.1. The Morgan fingerprint density at radius 2 is 0.871 bits per heavy atom. The number of nitrogens with zero attached hydrogens (tertiary/aromatic N) is 8. The number of rotatable bonds is 12. The van der Waals surface area contributed by atoms with E-state index in [1.807, 2.05) is 0 Å². The van der Waals surface area contributed by atoms with Crippen molar-refractivity contribution in [1.29, 1.82) is 0 Å². The van der Waals surface area contributed by atoms with Crippen molar-refractivity contribution in [1.82, 2.24) is 29.4 Å². The molecule has 0 bridgehead atoms. The lowest BCUT2D eigenvalue weighted by molar-refractivity contribution is -0.275. The molecule has 0 aliphatic carbocycles. The molecule has 340 valence electrons. The molecule has 2 aliphatic heterocycles. The summed E-state index contributed by atoms with van der Waals surface area (Å²) in [5, 5.41) is 6.01. The monoisotopic (exact) mass is 938 g/mol. The second kappa shape index (κ2) is 17.9. The van der Waals surface area contributed by atoms with E-state index in [1.165, 1.54) is 38.1 Å². The van der Waals surface area contributed by atoms with E-state index >= 15 is 4.79 Å². The van der Waals surface area contributed by atoms with Gasteiger partial charge in [-0.25, -0.2) is 0 Å². The summed E-state index contributed by atoms with van der Waals surface area (Å²) in [6.07, 6.45) is -19.7. The summed E-state index contributed by atoms with van der Waals surface area (Å²) in [5.74, 6) is -1.52. The average molecular weight is 940 g/mol. The number of benzene rings is 2. The predicted octanol–water partition coefficient (Wildman–Crippen LogP) is 8.49. The molecule has 2 aromatic heterocycles. The minimum Gasteiger partial charge on any atom is -0.406 e. The number of carbonyl (C=O) groups is 1. The van der Waals surface area contributed by atoms with Crippen LogP contribution in [0.4, 0.5) is 64.1 Å². The highest BCUT2D eigenvalue weighted by Crippen LogP contribution is 2.37. The van der Waals surface area contributed by atoms with Gasteiger partial charge in [-0.05, 0) is 62.4 Å². The Hall–Kier alpha value is -4.61. The summed E-state index contributed by atoms with van der Waals surface area (Å²) in [6.45, 7) is 2.75. The van der Waals surface area contributed by atoms with Crippen LogP contribution < -0.4 is 19.3 Å². The number of ketones is 1. The molecule has 6 rings (SSSR count). The van der Waals surface area contributed by atoms with E-state index in [4.69, 9.17) is 23.2 Å². The van der Waals surface area contributed by atoms with E-state index in [0.29, 0.717) is 11.4 Å². The molecule has 62 heavy (non-hydrogen) atoms. The van der Waals surface area contributed by atoms with E-state index in [-0.39, 0.29) is 63.7 Å². The van der Waals surface area contributed by atoms with Gasteiger partial charge < -0.3 is 19.3 Å². The number of alkyl halides is 12. The van der Waals surface area contributed by atoms with Crippen LogP contribution in [0.1, 0.15) is 22.8 Å². The molecule has 0 amide bonds. The molecule has 11 nitrogen and oxygen atoms in total. The van der Waals surface area contributed by atoms with Gasteiger partial charge in [0.2, 0.25) is 0 Å². The number of halogens is 14. The smallest absolute Gasteiger partial charge is 0.406 e. The minimum absolute atomic E-state index is 0.0940. The lowest BCUT2D eigenvalue weighted by atomic mass is 9.99. The summed E-state index contributed by atoms with van der Waals surface area (Å²) in [4.78, 5) is 22.1. The van der Waals surface area contributed by atoms with Gasteiger partial charge in [0.25, 0.3) is 0 Å². The molecule has 0 N–H and O–H groups in total. The molecule has 4 heterocycles. The normalized spacial score (nSPS) is 17.4. The van der Waals surface area contributed by atoms with E-state index in [0.717, 1.165) is 33.6 Å². The molecule has 2 aliphatic rings. The molecular weight excluding hydrogens is 903 g/mol. The van der Waals surface area contributed by atoms with Crippen molar-refractivity contribution in [2.75, 3.05) is 62.2 Å². The number of hydrogen-bond acceptors (Lipinski definition) is 9. The van der Waals surface area contributed by atoms with Crippen LogP contribution in [0.25, 0.3) is 0 Å². The van der Waals surface area contributed by atoms with Crippen molar-refractivity contribution in [3.05, 3.63) is 81.4 Å². The van der Waals surface area contributed by atoms with Crippen LogP contribution >= 0.6 is 23.2 Å². The number of carbonyl (C=O) groups excluding carboxylic acids is 1. The molecule has 0 saturated carbocycles. The van der Waals surface area contributed by atoms with Gasteiger partial charge in [0, 0.05) is 63.7 Å². The first kappa shape index (κ1) is 46.9. The molecule has 2 aromatic carbocycles. The molecule has 4 aromatic rings. The van der Waals surface area contributed by atoms with Crippen LogP contribution in [0.15, 0.2) is 48.5 Å². The Balaban J connectivity index is 1.31. The van der Waals surface area contributed by atoms with Gasteiger partial charge in [0.1, 0.15) is 11.5 Å². The second-order valence-corrected chi connectivity index (χ2v) is 15.2. The fourth-order valence-corrected chi connectivity index (χ4v) is 7.87. The summed E-state index contributed by atoms with van der Waals surface area (Å²) < 4.78 is 170. The second-order valence-electron chi connectivity index (χ2n) is 14.4. The molecule has 2 fully saturated rings. The Labute approximate surface area is 355 Å². The van der Waals surface area contributed by atoms with Crippen LogP contribution in [-0.2, 0) is 30.2 Å². The third-order valence-corrected chi connectivity index (χ3v) is 11.4. The highest BCUT2D eigenvalue weighted by molar-refractivity contribution is 6.32. The minimum atomic E-state index is -4.96. The number of piperazine rings is 2. The van der Waals surface area contributed by atoms with Gasteiger partial charge in [-0.15, -0.1) is 26.3 Å². The highest BCUT2D eigenvalue weighted by atomic mass is 35.5. The Bertz CT molecular complexity index is 2020. The first-order valence-electron chi connectivity index (χ1n) is 18.6. The van der Waals surface area contributed by atoms with E-state index in [9.17, 15) is 52.7 Å². The molecule has 2 saturated heterocycles. The fraction of sp³-hybridized carbons (Fsp3) is 0.486. The van der Waals surface area contributed by atoms with Gasteiger partial charge in [-0.3, -0.25) is 24.0 Å². The van der Waals surface area contributed by atoms with Gasteiger partial charge in [0.05, 0.1) is 46.6 Å². The largest absolute Gasteiger partial charge is 0.573 e. The number of anilines is 2. The Kier molecular flexibility index (Phi) is 13.5. The number of aromatic nitrogens is 4. The van der Waals surface area contributed by atoms with E-state index in [1.54, 1.807) is 19.6 Å². The zero-order chi connectivity index (χ0) is 45.5. The van der Waals surface area contributed by atoms with Crippen molar-refractivity contribution < 1.29 is 67.0 Å². The van der Waals surface area contributed by atoms with Crippen molar-refractivity contribution >= 4 is 40.4 Å². The molecule has 2 atom stereocenters. The molecule has 2 unspecified atom stereocenters. The maximum Gasteiger partial charge on any atom is 0.573 e. The van der Waals surface area contributed by atoms with Crippen LogP contribution in [0.5, 0.6) is 11.5 Å². The zero-order valence-electron chi connectivity index (χ0n) is 32.4. The average Bonchev–Trinajstić information content (AvgIpc) is 3.64. The van der Waals surface area contributed by atoms with Gasteiger partial charge in [0.15, 0.2) is 17.2 Å². The summed E-state index contributed by atoms with van der Waals surface area (Å²) >= 11 is 12.2. The first-order valence-corrected chi connectivity index (χ1v) is 19.4. The molecular formula is C37H36Cl2F12N8O3. The maximum absolute atomic E-state index is 15.1. The van der Waals surface area contributed by atoms with Crippen LogP contribution in [0, 0.1) is 13.8 Å². The van der Waals surface area contributed by atoms with Crippen molar-refractivity contribution in [2.45, 2.75) is 64.1 Å². The lowest BCUT2D eigenvalue weighted by Crippen LogP contribution is -2.61. The highest BCUT2D eigenvalue weighted by Gasteiger charge is 2.43. The van der Waals surface area contributed by atoms with E-state index < -0.39 is 89.0 Å². The lowest BCUT2D eigenvalue weighted by Gasteiger charge is -2.43. The quantitative estimate of drug-likeness (QED) is 0.130. The van der Waals surface area contributed by atoms with Crippen molar-refractivity contribution in [3.63, 3.8) is 0 Å². The Morgan fingerprint density at radius 1 is 0.565 bits per heavy atom. The van der Waals surface area contributed by atoms with E-state index in [2.05, 4.69) is 19.7 Å². The number of ether oxygens (including phenoxy) is 2. The van der Waals surface area contributed by atoms with Gasteiger partial charge in [-0.2, -0.15) is 36.5 Å². The third-order valence-electron chi connectivity index (χ3n) is 10.5. The summed E-state index contributed by atoms with van der Waals surface area (Å²) in [7, 11) is 0. The number of hydrogen-bond donors (Lipinski definition) is 0. The van der Waals surface area contributed by atoms with Crippen molar-refractivity contribution in [2.24, 2.45) is 0 Å². The Morgan fingerprint density at radius 3 is 1.13 bits per heavy atom. The summed E-state index contributed by atoms with van der Waals surface area (Å²) in [6, 6.07) is 7.57. The summed E-state index contributed by atoms with van der Waals surface area (Å²) in [5.41, 5.74) is -1.99. The fourth-order valence-electron chi connectivity index (χ4n) is 7.39. The van der Waals surface area contributed by atoms with Crippen LogP contribution in [0.3, 0.4) is 0 Å². The topological polar surface area (TPSA) is 84.1 Å². The molecule has 0 spiro atoms. The van der Waals surface area contributed by atoms with Gasteiger partial charge in [-0.1, -0.05) is 23.2 Å². The number of Topliss-reactive ketones (excluding diaryl/α,β-unsaturated/α-hetero) is 1. The molecule has 0 radical (unpaired) electrons. The standard InChI is InChI=1S/C37H36Cl2F12N8O3/c1-21-29(38)32(34(40,41)42)52-58(21)19-27(56-15-11-54(12-16-56)23-3-7-25(8-4-23)61-36(46,47)48)31(60)28(20-59-22(2)30(39)33(53-59)35(43,44)45)57-17-13-55(14-18-57)24-5-9-26(10-6-24)62-37(49,50)51/h3-10,27-28H,11-20H2,1-2H3. The van der Waals surface area contributed by atoms with Crippen LogP contribution in [-0.4, -0.2) is 112 Å². The zero-order valence-corrected chi connectivity index (χ0v) is 34.0. The van der Waals surface area contributed by atoms with Gasteiger partial charge >= 0.3 is 25.1 Å². The SMILES string of the molecule is Cc1c(Cl)c(C(F)(F)F)nn1CC(C(=O)C(Cn1nc(C(F)(F)F)c(Cl)c1C)N1CCN(c2ccc(OC(F)(F)F)cc2)CC1)N1CCN(c2ccc(OC(F)(F)F)cc2)CC1. The van der Waals surface area contributed by atoms with Crippen LogP contribution in [0.2, 0.25) is 10.0 Å². The van der Waals surface area contributed by atoms with Crippen molar-refractivity contribution in [3.8, 4) is 11.5 Å². The first-order chi connectivity index (χ1) is 28.8. The molecule has 25 heteroatoms. The maximum atomic E-state index is 15.1.